The van der Waals surface area contributed by atoms with Crippen molar-refractivity contribution in [2.45, 2.75) is 13.5 Å². The van der Waals surface area contributed by atoms with Crippen molar-refractivity contribution in [2.75, 3.05) is 11.9 Å². The van der Waals surface area contributed by atoms with Crippen molar-refractivity contribution in [2.24, 2.45) is 0 Å². The van der Waals surface area contributed by atoms with Gasteiger partial charge in [0.25, 0.3) is 5.56 Å². The highest BCUT2D eigenvalue weighted by Gasteiger charge is 2.05. The third kappa shape index (κ3) is 2.87. The molecule has 2 aromatic heterocycles. The fourth-order valence-corrected chi connectivity index (χ4v) is 2.50. The van der Waals surface area contributed by atoms with Crippen LogP contribution in [0.3, 0.4) is 0 Å². The Balaban J connectivity index is 2.23. The van der Waals surface area contributed by atoms with E-state index in [0.29, 0.717) is 11.6 Å². The summed E-state index contributed by atoms with van der Waals surface area (Å²) in [4.78, 5) is 12.7. The van der Waals surface area contributed by atoms with E-state index in [0.717, 1.165) is 17.1 Å². The lowest BCUT2D eigenvalue weighted by atomic mass is 10.4. The molecule has 2 rings (SSSR count). The maximum absolute atomic E-state index is 11.8. The molecule has 0 bridgehead atoms. The van der Waals surface area contributed by atoms with E-state index in [2.05, 4.69) is 10.4 Å². The molecule has 6 heteroatoms. The molecule has 2 aromatic rings. The average Bonchev–Trinajstić information content (AvgIpc) is 2.69. The normalized spacial score (nSPS) is 10.5. The van der Waals surface area contributed by atoms with Crippen LogP contribution in [0.15, 0.2) is 28.5 Å². The Labute approximate surface area is 108 Å². The van der Waals surface area contributed by atoms with Crippen LogP contribution < -0.4 is 10.9 Å². The number of hydrogen-bond acceptors (Lipinski definition) is 4. The van der Waals surface area contributed by atoms with Gasteiger partial charge in [-0.3, -0.25) is 4.79 Å². The van der Waals surface area contributed by atoms with Gasteiger partial charge in [0.05, 0.1) is 23.5 Å². The van der Waals surface area contributed by atoms with Crippen molar-refractivity contribution >= 4 is 28.6 Å². The second-order valence-electron chi connectivity index (χ2n) is 3.46. The van der Waals surface area contributed by atoms with Crippen molar-refractivity contribution in [3.05, 3.63) is 44.0 Å². The van der Waals surface area contributed by atoms with E-state index >= 15 is 0 Å². The second kappa shape index (κ2) is 5.33. The summed E-state index contributed by atoms with van der Waals surface area (Å²) in [7, 11) is 0. The van der Waals surface area contributed by atoms with Gasteiger partial charge in [0.2, 0.25) is 0 Å². The molecule has 4 nitrogen and oxygen atoms in total. The lowest BCUT2D eigenvalue weighted by Crippen LogP contribution is -2.22. The molecule has 0 aromatic carbocycles. The largest absolute Gasteiger partial charge is 0.384 e. The molecule has 90 valence electrons. The Morgan fingerprint density at radius 2 is 2.41 bits per heavy atom. The van der Waals surface area contributed by atoms with Crippen LogP contribution in [0.2, 0.25) is 5.02 Å². The van der Waals surface area contributed by atoms with Gasteiger partial charge in [0, 0.05) is 17.5 Å². The fraction of sp³-hybridized carbons (Fsp3) is 0.273. The molecule has 1 N–H and O–H groups in total. The molecular formula is C11H12ClN3OS. The molecule has 0 aliphatic carbocycles. The zero-order chi connectivity index (χ0) is 12.3. The van der Waals surface area contributed by atoms with E-state index < -0.39 is 0 Å². The number of aromatic nitrogens is 2. The van der Waals surface area contributed by atoms with Crippen molar-refractivity contribution in [3.8, 4) is 0 Å². The molecule has 0 saturated heterocycles. The molecule has 17 heavy (non-hydrogen) atoms. The van der Waals surface area contributed by atoms with Crippen molar-refractivity contribution in [3.63, 3.8) is 0 Å². The molecule has 0 atom stereocenters. The van der Waals surface area contributed by atoms with Gasteiger partial charge in [-0.2, -0.15) is 5.10 Å². The number of thiophene rings is 1. The van der Waals surface area contributed by atoms with E-state index in [1.165, 1.54) is 22.1 Å². The van der Waals surface area contributed by atoms with E-state index in [9.17, 15) is 4.79 Å². The number of rotatable bonds is 4. The van der Waals surface area contributed by atoms with Crippen LogP contribution in [0.5, 0.6) is 0 Å². The summed E-state index contributed by atoms with van der Waals surface area (Å²) in [5, 5.41) is 9.73. The van der Waals surface area contributed by atoms with Crippen molar-refractivity contribution in [1.29, 1.82) is 0 Å². The zero-order valence-electron chi connectivity index (χ0n) is 9.31. The van der Waals surface area contributed by atoms with Crippen LogP contribution in [-0.4, -0.2) is 16.3 Å². The first kappa shape index (κ1) is 12.1. The van der Waals surface area contributed by atoms with Crippen LogP contribution in [0.4, 0.5) is 5.69 Å². The van der Waals surface area contributed by atoms with Crippen LogP contribution in [-0.2, 0) is 6.54 Å². The second-order valence-corrected chi connectivity index (χ2v) is 4.87. The lowest BCUT2D eigenvalue weighted by molar-refractivity contribution is 0.646. The first-order valence-electron chi connectivity index (χ1n) is 5.23. The fourth-order valence-electron chi connectivity index (χ4n) is 1.43. The first-order chi connectivity index (χ1) is 8.20. The summed E-state index contributed by atoms with van der Waals surface area (Å²) >= 11 is 7.50. The van der Waals surface area contributed by atoms with Gasteiger partial charge < -0.3 is 5.32 Å². The van der Waals surface area contributed by atoms with Crippen LogP contribution in [0.25, 0.3) is 0 Å². The van der Waals surface area contributed by atoms with Crippen LogP contribution in [0, 0.1) is 0 Å². The van der Waals surface area contributed by atoms with Gasteiger partial charge in [-0.05, 0) is 18.4 Å². The van der Waals surface area contributed by atoms with Gasteiger partial charge in [-0.15, -0.1) is 11.3 Å². The van der Waals surface area contributed by atoms with Crippen molar-refractivity contribution < 1.29 is 0 Å². The van der Waals surface area contributed by atoms with E-state index in [1.54, 1.807) is 6.20 Å². The number of anilines is 1. The predicted octanol–water partition coefficient (Wildman–Crippen LogP) is 2.44. The van der Waals surface area contributed by atoms with E-state index in [1.807, 2.05) is 18.4 Å². The lowest BCUT2D eigenvalue weighted by Gasteiger charge is -2.05. The molecule has 0 fully saturated rings. The van der Waals surface area contributed by atoms with Gasteiger partial charge in [-0.25, -0.2) is 4.68 Å². The number of nitrogens with zero attached hydrogens (tertiary/aromatic N) is 2. The monoisotopic (exact) mass is 269 g/mol. The summed E-state index contributed by atoms with van der Waals surface area (Å²) in [5.41, 5.74) is 0.610. The Morgan fingerprint density at radius 1 is 1.59 bits per heavy atom. The molecular weight excluding hydrogens is 258 g/mol. The Morgan fingerprint density at radius 3 is 3.00 bits per heavy atom. The molecule has 0 amide bonds. The minimum absolute atomic E-state index is 0.132. The Hall–Kier alpha value is -1.33. The topological polar surface area (TPSA) is 46.9 Å². The number of hydrogen-bond donors (Lipinski definition) is 1. The molecule has 0 aliphatic rings. The predicted molar refractivity (Wildman–Crippen MR) is 71.1 cm³/mol. The Bertz CT molecular complexity index is 564. The molecule has 0 aliphatic heterocycles. The minimum Gasteiger partial charge on any atom is -0.384 e. The summed E-state index contributed by atoms with van der Waals surface area (Å²) in [6.45, 7) is 3.15. The van der Waals surface area contributed by atoms with Gasteiger partial charge in [0.1, 0.15) is 0 Å². The number of nitrogens with one attached hydrogen (secondary N) is 1. The summed E-state index contributed by atoms with van der Waals surface area (Å²) in [5.74, 6) is 0. The SMILES string of the molecule is CCNc1cnn(Cc2sccc2Cl)c(=O)c1. The third-order valence-corrected chi connectivity index (χ3v) is 3.61. The van der Waals surface area contributed by atoms with E-state index in [-0.39, 0.29) is 5.56 Å². The summed E-state index contributed by atoms with van der Waals surface area (Å²) < 4.78 is 1.40. The third-order valence-electron chi connectivity index (χ3n) is 2.23. The van der Waals surface area contributed by atoms with Gasteiger partial charge in [0.15, 0.2) is 0 Å². The highest BCUT2D eigenvalue weighted by atomic mass is 35.5. The van der Waals surface area contributed by atoms with Crippen molar-refractivity contribution in [1.82, 2.24) is 9.78 Å². The first-order valence-corrected chi connectivity index (χ1v) is 6.49. The molecule has 0 spiro atoms. The van der Waals surface area contributed by atoms with E-state index in [4.69, 9.17) is 11.6 Å². The van der Waals surface area contributed by atoms with Gasteiger partial charge >= 0.3 is 0 Å². The maximum Gasteiger partial charge on any atom is 0.269 e. The molecule has 0 unspecified atom stereocenters. The quantitative estimate of drug-likeness (QED) is 0.927. The molecule has 2 heterocycles. The maximum atomic E-state index is 11.8. The minimum atomic E-state index is -0.132. The van der Waals surface area contributed by atoms with Gasteiger partial charge in [-0.1, -0.05) is 11.6 Å². The Kier molecular flexibility index (Phi) is 3.81. The van der Waals surface area contributed by atoms with Crippen LogP contribution in [0.1, 0.15) is 11.8 Å². The summed E-state index contributed by atoms with van der Waals surface area (Å²) in [6, 6.07) is 3.36. The number of halogens is 1. The average molecular weight is 270 g/mol. The highest BCUT2D eigenvalue weighted by Crippen LogP contribution is 2.22. The standard InChI is InChI=1S/C11H12ClN3OS/c1-2-13-8-5-11(16)15(14-6-8)7-10-9(12)3-4-17-10/h3-6,13H,2,7H2,1H3. The molecule has 0 radical (unpaired) electrons. The zero-order valence-corrected chi connectivity index (χ0v) is 10.9. The molecule has 0 saturated carbocycles. The highest BCUT2D eigenvalue weighted by molar-refractivity contribution is 7.10. The summed E-state index contributed by atoms with van der Waals surface area (Å²) in [6.07, 6.45) is 1.65. The smallest absolute Gasteiger partial charge is 0.269 e. The van der Waals surface area contributed by atoms with Crippen LogP contribution >= 0.6 is 22.9 Å².